The lowest BCUT2D eigenvalue weighted by molar-refractivity contribution is 0.102. The van der Waals surface area contributed by atoms with E-state index in [4.69, 9.17) is 0 Å². The molecule has 2 heterocycles. The van der Waals surface area contributed by atoms with Crippen LogP contribution in [0.3, 0.4) is 0 Å². The first-order valence-electron chi connectivity index (χ1n) is 5.34. The van der Waals surface area contributed by atoms with Crippen molar-refractivity contribution in [1.29, 1.82) is 0 Å². The highest BCUT2D eigenvalue weighted by molar-refractivity contribution is 7.04. The largest absolute Gasteiger partial charge is 0.319 e. The lowest BCUT2D eigenvalue weighted by Crippen LogP contribution is -2.11. The van der Waals surface area contributed by atoms with Crippen LogP contribution >= 0.6 is 11.5 Å². The van der Waals surface area contributed by atoms with Gasteiger partial charge in [-0.3, -0.25) is 9.48 Å². The SMILES string of the molecule is Cc1nscc1C(=O)Nc1cnn(C(C)C)c1. The summed E-state index contributed by atoms with van der Waals surface area (Å²) >= 11 is 1.28. The average molecular weight is 250 g/mol. The van der Waals surface area contributed by atoms with Gasteiger partial charge in [-0.1, -0.05) is 0 Å². The molecule has 0 aliphatic rings. The van der Waals surface area contributed by atoms with Crippen molar-refractivity contribution in [3.8, 4) is 0 Å². The number of anilines is 1. The lowest BCUT2D eigenvalue weighted by Gasteiger charge is -2.03. The summed E-state index contributed by atoms with van der Waals surface area (Å²) < 4.78 is 5.87. The third-order valence-electron chi connectivity index (χ3n) is 2.38. The summed E-state index contributed by atoms with van der Waals surface area (Å²) in [6.07, 6.45) is 3.46. The Kier molecular flexibility index (Phi) is 3.23. The van der Waals surface area contributed by atoms with E-state index in [0.717, 1.165) is 5.69 Å². The molecule has 5 nitrogen and oxygen atoms in total. The minimum Gasteiger partial charge on any atom is -0.319 e. The lowest BCUT2D eigenvalue weighted by atomic mass is 10.2. The molecule has 2 aromatic rings. The Hall–Kier alpha value is -1.69. The van der Waals surface area contributed by atoms with Gasteiger partial charge in [-0.25, -0.2) is 0 Å². The fourth-order valence-corrected chi connectivity index (χ4v) is 2.09. The Morgan fingerprint density at radius 1 is 1.53 bits per heavy atom. The standard InChI is InChI=1S/C11H14N4OS/c1-7(2)15-5-9(4-12-15)13-11(16)10-6-17-14-8(10)3/h4-7H,1-3H3,(H,13,16). The first-order valence-corrected chi connectivity index (χ1v) is 6.18. The molecule has 0 aliphatic carbocycles. The van der Waals surface area contributed by atoms with Gasteiger partial charge in [-0.05, 0) is 32.3 Å². The highest BCUT2D eigenvalue weighted by atomic mass is 32.1. The zero-order chi connectivity index (χ0) is 12.4. The van der Waals surface area contributed by atoms with Crippen LogP contribution in [0.4, 0.5) is 5.69 Å². The molecule has 1 N–H and O–H groups in total. The van der Waals surface area contributed by atoms with Crippen molar-refractivity contribution in [3.05, 3.63) is 29.0 Å². The van der Waals surface area contributed by atoms with Crippen LogP contribution in [0.5, 0.6) is 0 Å². The van der Waals surface area contributed by atoms with E-state index in [1.54, 1.807) is 16.3 Å². The normalized spacial score (nSPS) is 10.8. The van der Waals surface area contributed by atoms with Gasteiger partial charge in [0, 0.05) is 17.6 Å². The van der Waals surface area contributed by atoms with Crippen molar-refractivity contribution in [2.24, 2.45) is 0 Å². The molecule has 0 aromatic carbocycles. The van der Waals surface area contributed by atoms with Gasteiger partial charge in [-0.2, -0.15) is 9.47 Å². The number of nitrogens with one attached hydrogen (secondary N) is 1. The summed E-state index contributed by atoms with van der Waals surface area (Å²) in [5.41, 5.74) is 2.07. The van der Waals surface area contributed by atoms with E-state index >= 15 is 0 Å². The molecule has 0 atom stereocenters. The molecule has 0 fully saturated rings. The predicted molar refractivity (Wildman–Crippen MR) is 67.4 cm³/mol. The van der Waals surface area contributed by atoms with Gasteiger partial charge in [0.05, 0.1) is 23.1 Å². The van der Waals surface area contributed by atoms with E-state index < -0.39 is 0 Å². The zero-order valence-corrected chi connectivity index (χ0v) is 10.8. The van der Waals surface area contributed by atoms with E-state index in [1.807, 2.05) is 27.0 Å². The summed E-state index contributed by atoms with van der Waals surface area (Å²) in [5, 5.41) is 8.71. The number of rotatable bonds is 3. The fourth-order valence-electron chi connectivity index (χ4n) is 1.39. The number of nitrogens with zero attached hydrogens (tertiary/aromatic N) is 3. The third-order valence-corrected chi connectivity index (χ3v) is 3.10. The van der Waals surface area contributed by atoms with Crippen LogP contribution in [0.25, 0.3) is 0 Å². The van der Waals surface area contributed by atoms with Gasteiger partial charge in [0.1, 0.15) is 0 Å². The molecule has 90 valence electrons. The van der Waals surface area contributed by atoms with Crippen LogP contribution in [0.1, 0.15) is 35.9 Å². The number of amides is 1. The summed E-state index contributed by atoms with van der Waals surface area (Å²) in [6.45, 7) is 5.89. The molecule has 0 bridgehead atoms. The van der Waals surface area contributed by atoms with E-state index in [0.29, 0.717) is 11.3 Å². The Morgan fingerprint density at radius 3 is 2.82 bits per heavy atom. The van der Waals surface area contributed by atoms with Gasteiger partial charge < -0.3 is 5.32 Å². The molecule has 17 heavy (non-hydrogen) atoms. The summed E-state index contributed by atoms with van der Waals surface area (Å²) in [6, 6.07) is 0.283. The zero-order valence-electron chi connectivity index (χ0n) is 9.97. The second kappa shape index (κ2) is 4.67. The second-order valence-electron chi connectivity index (χ2n) is 4.07. The monoisotopic (exact) mass is 250 g/mol. The maximum Gasteiger partial charge on any atom is 0.258 e. The van der Waals surface area contributed by atoms with Crippen molar-refractivity contribution in [1.82, 2.24) is 14.2 Å². The number of hydrogen-bond donors (Lipinski definition) is 1. The van der Waals surface area contributed by atoms with Gasteiger partial charge in [0.25, 0.3) is 5.91 Å². The fraction of sp³-hybridized carbons (Fsp3) is 0.364. The molecular formula is C11H14N4OS. The maximum absolute atomic E-state index is 11.9. The first-order chi connectivity index (χ1) is 8.08. The topological polar surface area (TPSA) is 59.8 Å². The predicted octanol–water partition coefficient (Wildman–Crippen LogP) is 2.48. The summed E-state index contributed by atoms with van der Waals surface area (Å²) in [4.78, 5) is 11.9. The molecule has 2 aromatic heterocycles. The molecule has 0 radical (unpaired) electrons. The van der Waals surface area contributed by atoms with Crippen LogP contribution in [-0.4, -0.2) is 20.1 Å². The molecule has 6 heteroatoms. The average Bonchev–Trinajstić information content (AvgIpc) is 2.86. The van der Waals surface area contributed by atoms with E-state index in [-0.39, 0.29) is 11.9 Å². The number of carbonyl (C=O) groups excluding carboxylic acids is 1. The van der Waals surface area contributed by atoms with Crippen LogP contribution < -0.4 is 5.32 Å². The molecule has 0 spiro atoms. The van der Waals surface area contributed by atoms with Crippen molar-refractivity contribution < 1.29 is 4.79 Å². The van der Waals surface area contributed by atoms with Crippen LogP contribution in [0.2, 0.25) is 0 Å². The Labute approximate surface area is 104 Å². The van der Waals surface area contributed by atoms with Crippen molar-refractivity contribution in [2.45, 2.75) is 26.8 Å². The molecule has 1 amide bonds. The maximum atomic E-state index is 11.9. The van der Waals surface area contributed by atoms with Crippen LogP contribution in [-0.2, 0) is 0 Å². The van der Waals surface area contributed by atoms with Crippen LogP contribution in [0, 0.1) is 6.92 Å². The van der Waals surface area contributed by atoms with E-state index in [1.165, 1.54) is 11.5 Å². The molecule has 2 rings (SSSR count). The number of hydrogen-bond acceptors (Lipinski definition) is 4. The summed E-state index contributed by atoms with van der Waals surface area (Å²) in [7, 11) is 0. The highest BCUT2D eigenvalue weighted by Crippen LogP contribution is 2.14. The number of carbonyl (C=O) groups is 1. The molecule has 0 unspecified atom stereocenters. The third kappa shape index (κ3) is 2.52. The molecular weight excluding hydrogens is 236 g/mol. The second-order valence-corrected chi connectivity index (χ2v) is 4.70. The van der Waals surface area contributed by atoms with Gasteiger partial charge in [0.15, 0.2) is 0 Å². The smallest absolute Gasteiger partial charge is 0.258 e. The molecule has 0 saturated heterocycles. The molecule has 0 aliphatic heterocycles. The van der Waals surface area contributed by atoms with E-state index in [9.17, 15) is 4.79 Å². The van der Waals surface area contributed by atoms with Gasteiger partial charge in [-0.15, -0.1) is 0 Å². The minimum atomic E-state index is -0.139. The molecule has 0 saturated carbocycles. The van der Waals surface area contributed by atoms with Crippen molar-refractivity contribution in [2.75, 3.05) is 5.32 Å². The minimum absolute atomic E-state index is 0.139. The van der Waals surface area contributed by atoms with E-state index in [2.05, 4.69) is 14.8 Å². The number of aromatic nitrogens is 3. The Balaban J connectivity index is 2.11. The van der Waals surface area contributed by atoms with Crippen LogP contribution in [0.15, 0.2) is 17.8 Å². The van der Waals surface area contributed by atoms with Gasteiger partial charge in [0.2, 0.25) is 0 Å². The Bertz CT molecular complexity index is 529. The van der Waals surface area contributed by atoms with Crippen molar-refractivity contribution in [3.63, 3.8) is 0 Å². The quantitative estimate of drug-likeness (QED) is 0.910. The van der Waals surface area contributed by atoms with Crippen molar-refractivity contribution >= 4 is 23.1 Å². The first kappa shape index (κ1) is 11.8. The number of aryl methyl sites for hydroxylation is 1. The summed E-state index contributed by atoms with van der Waals surface area (Å²) in [5.74, 6) is -0.139. The van der Waals surface area contributed by atoms with Gasteiger partial charge >= 0.3 is 0 Å². The Morgan fingerprint density at radius 2 is 2.29 bits per heavy atom. The highest BCUT2D eigenvalue weighted by Gasteiger charge is 2.12.